The lowest BCUT2D eigenvalue weighted by Crippen LogP contribution is -2.24. The largest absolute Gasteiger partial charge is 0.355 e. The summed E-state index contributed by atoms with van der Waals surface area (Å²) in [6.07, 6.45) is 0. The zero-order chi connectivity index (χ0) is 16.7. The molecule has 2 N–H and O–H groups in total. The maximum atomic E-state index is 12.0. The van der Waals surface area contributed by atoms with E-state index in [0.717, 1.165) is 4.47 Å². The minimum atomic E-state index is -0.202. The van der Waals surface area contributed by atoms with E-state index < -0.39 is 0 Å². The molecule has 0 aliphatic rings. The van der Waals surface area contributed by atoms with Crippen LogP contribution in [0.1, 0.15) is 26.3 Å². The minimum absolute atomic E-state index is 0.188. The number of halogens is 1. The fourth-order valence-corrected chi connectivity index (χ4v) is 2.39. The molecule has 2 rings (SSSR count). The lowest BCUT2D eigenvalue weighted by molar-refractivity contribution is 0.0951. The Hall–Kier alpha value is -2.58. The maximum absolute atomic E-state index is 12.0. The van der Waals surface area contributed by atoms with Crippen LogP contribution in [0.4, 0.5) is 0 Å². The van der Waals surface area contributed by atoms with Gasteiger partial charge >= 0.3 is 0 Å². The monoisotopic (exact) mass is 370 g/mol. The quantitative estimate of drug-likeness (QED) is 0.815. The molecule has 0 saturated carbocycles. The van der Waals surface area contributed by atoms with Crippen LogP contribution >= 0.6 is 15.9 Å². The number of carbonyl (C=O) groups is 2. The van der Waals surface area contributed by atoms with Gasteiger partial charge in [0.2, 0.25) is 0 Å². The molecule has 5 heteroatoms. The summed E-state index contributed by atoms with van der Waals surface area (Å²) in [5.41, 5.74) is 1.70. The first-order chi connectivity index (χ1) is 11.1. The van der Waals surface area contributed by atoms with Crippen molar-refractivity contribution < 1.29 is 9.59 Å². The normalized spacial score (nSPS) is 9.48. The predicted molar refractivity (Wildman–Crippen MR) is 93.2 cm³/mol. The third-order valence-electron chi connectivity index (χ3n) is 3.08. The van der Waals surface area contributed by atoms with E-state index in [1.807, 2.05) is 12.1 Å². The van der Waals surface area contributed by atoms with Crippen molar-refractivity contribution in [3.8, 4) is 11.8 Å². The molecule has 0 atom stereocenters. The average molecular weight is 371 g/mol. The van der Waals surface area contributed by atoms with Crippen molar-refractivity contribution in [1.29, 1.82) is 0 Å². The second kappa shape index (κ2) is 8.16. The van der Waals surface area contributed by atoms with Gasteiger partial charge in [-0.15, -0.1) is 0 Å². The topological polar surface area (TPSA) is 58.2 Å². The van der Waals surface area contributed by atoms with Gasteiger partial charge < -0.3 is 10.6 Å². The summed E-state index contributed by atoms with van der Waals surface area (Å²) in [6.45, 7) is 0.197. The maximum Gasteiger partial charge on any atom is 0.253 e. The summed E-state index contributed by atoms with van der Waals surface area (Å²) in [7, 11) is 1.57. The van der Waals surface area contributed by atoms with Crippen LogP contribution in [0.2, 0.25) is 0 Å². The Bertz CT molecular complexity index is 791. The third kappa shape index (κ3) is 4.44. The van der Waals surface area contributed by atoms with Gasteiger partial charge in [0.25, 0.3) is 11.8 Å². The van der Waals surface area contributed by atoms with Gasteiger partial charge in [0.05, 0.1) is 17.7 Å². The van der Waals surface area contributed by atoms with Crippen LogP contribution in [0.3, 0.4) is 0 Å². The number of carbonyl (C=O) groups excluding carboxylic acids is 2. The van der Waals surface area contributed by atoms with Crippen molar-refractivity contribution in [2.24, 2.45) is 0 Å². The number of hydrogen-bond acceptors (Lipinski definition) is 2. The summed E-state index contributed by atoms with van der Waals surface area (Å²) in [5, 5.41) is 5.31. The highest BCUT2D eigenvalue weighted by Gasteiger charge is 2.08. The molecule has 0 spiro atoms. The number of benzene rings is 2. The summed E-state index contributed by atoms with van der Waals surface area (Å²) in [4.78, 5) is 23.8. The van der Waals surface area contributed by atoms with Crippen LogP contribution in [-0.2, 0) is 0 Å². The highest BCUT2D eigenvalue weighted by Crippen LogP contribution is 2.15. The van der Waals surface area contributed by atoms with Crippen molar-refractivity contribution in [1.82, 2.24) is 10.6 Å². The Balaban J connectivity index is 2.03. The molecular weight excluding hydrogens is 356 g/mol. The second-order valence-electron chi connectivity index (χ2n) is 4.59. The molecule has 2 amide bonds. The number of rotatable bonds is 3. The first-order valence-electron chi connectivity index (χ1n) is 6.96. The van der Waals surface area contributed by atoms with Crippen molar-refractivity contribution in [2.45, 2.75) is 0 Å². The van der Waals surface area contributed by atoms with E-state index in [2.05, 4.69) is 38.4 Å². The van der Waals surface area contributed by atoms with Crippen molar-refractivity contribution in [3.63, 3.8) is 0 Å². The van der Waals surface area contributed by atoms with Crippen LogP contribution in [0.25, 0.3) is 0 Å². The highest BCUT2D eigenvalue weighted by molar-refractivity contribution is 9.10. The zero-order valence-corrected chi connectivity index (χ0v) is 14.1. The molecule has 0 aliphatic heterocycles. The van der Waals surface area contributed by atoms with Crippen LogP contribution in [0.5, 0.6) is 0 Å². The Morgan fingerprint density at radius 3 is 2.35 bits per heavy atom. The SMILES string of the molecule is CNC(=O)c1ccccc1C#CCNC(=O)c1ccccc1Br. The summed E-state index contributed by atoms with van der Waals surface area (Å²) < 4.78 is 0.732. The molecule has 4 nitrogen and oxygen atoms in total. The van der Waals surface area contributed by atoms with Gasteiger partial charge in [-0.05, 0) is 40.2 Å². The molecule has 0 saturated heterocycles. The van der Waals surface area contributed by atoms with Gasteiger partial charge in [-0.3, -0.25) is 9.59 Å². The predicted octanol–water partition coefficient (Wildman–Crippen LogP) is 2.59. The van der Waals surface area contributed by atoms with E-state index in [0.29, 0.717) is 16.7 Å². The molecule has 0 aliphatic carbocycles. The second-order valence-corrected chi connectivity index (χ2v) is 5.44. The molecule has 0 radical (unpaired) electrons. The number of amides is 2. The molecule has 23 heavy (non-hydrogen) atoms. The standard InChI is InChI=1S/C18H15BrN2O2/c1-20-17(22)14-9-3-2-7-13(14)8-6-12-21-18(23)15-10-4-5-11-16(15)19/h2-5,7,9-11H,12H2,1H3,(H,20,22)(H,21,23). The Morgan fingerprint density at radius 2 is 1.65 bits per heavy atom. The van der Waals surface area contributed by atoms with Gasteiger partial charge in [0.1, 0.15) is 0 Å². The molecule has 0 aromatic heterocycles. The van der Waals surface area contributed by atoms with Crippen LogP contribution in [0.15, 0.2) is 53.0 Å². The Labute approximate surface area is 143 Å². The van der Waals surface area contributed by atoms with E-state index >= 15 is 0 Å². The number of nitrogens with one attached hydrogen (secondary N) is 2. The zero-order valence-electron chi connectivity index (χ0n) is 12.5. The smallest absolute Gasteiger partial charge is 0.253 e. The van der Waals surface area contributed by atoms with Crippen LogP contribution in [-0.4, -0.2) is 25.4 Å². The number of hydrogen-bond donors (Lipinski definition) is 2. The summed E-state index contributed by atoms with van der Waals surface area (Å²) >= 11 is 3.33. The van der Waals surface area contributed by atoms with Crippen molar-refractivity contribution in [2.75, 3.05) is 13.6 Å². The Kier molecular flexibility index (Phi) is 5.95. The first-order valence-corrected chi connectivity index (χ1v) is 7.75. The van der Waals surface area contributed by atoms with Gasteiger partial charge in [0.15, 0.2) is 0 Å². The molecule has 0 fully saturated rings. The third-order valence-corrected chi connectivity index (χ3v) is 3.77. The Morgan fingerprint density at radius 1 is 1.00 bits per heavy atom. The van der Waals surface area contributed by atoms with E-state index in [9.17, 15) is 9.59 Å². The fraction of sp³-hybridized carbons (Fsp3) is 0.111. The first kappa shape index (κ1) is 16.8. The molecule has 0 heterocycles. The van der Waals surface area contributed by atoms with Gasteiger partial charge in [0, 0.05) is 17.1 Å². The summed E-state index contributed by atoms with van der Waals surface area (Å²) in [6, 6.07) is 14.3. The molecular formula is C18H15BrN2O2. The van der Waals surface area contributed by atoms with Crippen LogP contribution < -0.4 is 10.6 Å². The average Bonchev–Trinajstić information content (AvgIpc) is 2.58. The molecule has 2 aromatic rings. The van der Waals surface area contributed by atoms with Gasteiger partial charge in [-0.2, -0.15) is 0 Å². The van der Waals surface area contributed by atoms with Crippen LogP contribution in [0, 0.1) is 11.8 Å². The molecule has 2 aromatic carbocycles. The molecule has 0 bridgehead atoms. The fourth-order valence-electron chi connectivity index (χ4n) is 1.93. The highest BCUT2D eigenvalue weighted by atomic mass is 79.9. The van der Waals surface area contributed by atoms with E-state index in [-0.39, 0.29) is 18.4 Å². The summed E-state index contributed by atoms with van der Waals surface area (Å²) in [5.74, 6) is 5.39. The molecule has 116 valence electrons. The van der Waals surface area contributed by atoms with E-state index in [1.165, 1.54) is 0 Å². The van der Waals surface area contributed by atoms with Crippen molar-refractivity contribution >= 4 is 27.7 Å². The molecule has 0 unspecified atom stereocenters. The lowest BCUT2D eigenvalue weighted by Gasteiger charge is -2.04. The lowest BCUT2D eigenvalue weighted by atomic mass is 10.1. The van der Waals surface area contributed by atoms with E-state index in [1.54, 1.807) is 43.4 Å². The van der Waals surface area contributed by atoms with Crippen molar-refractivity contribution in [3.05, 3.63) is 69.7 Å². The van der Waals surface area contributed by atoms with Gasteiger partial charge in [-0.1, -0.05) is 36.1 Å². The van der Waals surface area contributed by atoms with E-state index in [4.69, 9.17) is 0 Å². The minimum Gasteiger partial charge on any atom is -0.355 e. The van der Waals surface area contributed by atoms with Gasteiger partial charge in [-0.25, -0.2) is 0 Å².